The highest BCUT2D eigenvalue weighted by molar-refractivity contribution is 7.07. The first-order valence-electron chi connectivity index (χ1n) is 13.9. The number of ether oxygens (including phenoxy) is 3. The molecule has 42 heavy (non-hydrogen) atoms. The number of rotatable bonds is 9. The molecule has 1 aliphatic heterocycles. The zero-order chi connectivity index (χ0) is 30.0. The summed E-state index contributed by atoms with van der Waals surface area (Å²) in [7, 11) is 0. The lowest BCUT2D eigenvalue weighted by Crippen LogP contribution is -2.40. The molecule has 2 aromatic heterocycles. The van der Waals surface area contributed by atoms with Gasteiger partial charge in [-0.3, -0.25) is 14.2 Å². The molecular formula is C32H33N3O6S. The van der Waals surface area contributed by atoms with Crippen LogP contribution in [0.15, 0.2) is 75.8 Å². The van der Waals surface area contributed by atoms with Gasteiger partial charge in [-0.1, -0.05) is 47.7 Å². The summed E-state index contributed by atoms with van der Waals surface area (Å²) in [5, 5.41) is 0.892. The molecule has 0 radical (unpaired) electrons. The van der Waals surface area contributed by atoms with Crippen LogP contribution in [0.3, 0.4) is 0 Å². The van der Waals surface area contributed by atoms with Crippen LogP contribution in [0.5, 0.6) is 5.75 Å². The van der Waals surface area contributed by atoms with Crippen molar-refractivity contribution in [1.29, 1.82) is 0 Å². The smallest absolute Gasteiger partial charge is 0.338 e. The van der Waals surface area contributed by atoms with Crippen LogP contribution in [0.25, 0.3) is 17.0 Å². The summed E-state index contributed by atoms with van der Waals surface area (Å²) in [6.07, 6.45) is 3.54. The molecule has 0 aliphatic carbocycles. The summed E-state index contributed by atoms with van der Waals surface area (Å²) in [5.74, 6) is -0.293. The molecule has 3 heterocycles. The monoisotopic (exact) mass is 587 g/mol. The van der Waals surface area contributed by atoms with Gasteiger partial charge in [-0.2, -0.15) is 0 Å². The summed E-state index contributed by atoms with van der Waals surface area (Å²) in [6.45, 7) is 9.66. The molecular weight excluding hydrogens is 554 g/mol. The van der Waals surface area contributed by atoms with Gasteiger partial charge in [-0.25, -0.2) is 9.79 Å². The fourth-order valence-corrected chi connectivity index (χ4v) is 6.20. The fourth-order valence-electron chi connectivity index (χ4n) is 5.16. The van der Waals surface area contributed by atoms with E-state index in [9.17, 15) is 14.4 Å². The molecule has 5 rings (SSSR count). The zero-order valence-electron chi connectivity index (χ0n) is 24.2. The molecule has 10 heteroatoms. The molecule has 0 unspecified atom stereocenters. The molecule has 0 spiro atoms. The third-order valence-corrected chi connectivity index (χ3v) is 7.79. The number of fused-ring (bicyclic) bond motifs is 2. The molecule has 2 aromatic carbocycles. The molecule has 1 atom stereocenters. The van der Waals surface area contributed by atoms with Gasteiger partial charge in [0, 0.05) is 28.2 Å². The Bertz CT molecular complexity index is 1880. The second-order valence-electron chi connectivity index (χ2n) is 10.0. The third-order valence-electron chi connectivity index (χ3n) is 6.80. The second kappa shape index (κ2) is 12.2. The number of benzene rings is 2. The molecule has 0 N–H and O–H groups in total. The van der Waals surface area contributed by atoms with E-state index in [1.807, 2.05) is 79.2 Å². The van der Waals surface area contributed by atoms with E-state index in [0.29, 0.717) is 38.5 Å². The lowest BCUT2D eigenvalue weighted by atomic mass is 9.95. The quantitative estimate of drug-likeness (QED) is 0.273. The van der Waals surface area contributed by atoms with Crippen LogP contribution in [0.1, 0.15) is 51.8 Å². The first kappa shape index (κ1) is 29.1. The predicted molar refractivity (Wildman–Crippen MR) is 161 cm³/mol. The van der Waals surface area contributed by atoms with Gasteiger partial charge in [0.05, 0.1) is 35.1 Å². The Balaban J connectivity index is 1.71. The van der Waals surface area contributed by atoms with Crippen molar-refractivity contribution in [3.63, 3.8) is 0 Å². The van der Waals surface area contributed by atoms with E-state index in [1.54, 1.807) is 25.3 Å². The maximum atomic E-state index is 14.2. The van der Waals surface area contributed by atoms with Gasteiger partial charge >= 0.3 is 11.9 Å². The Labute approximate surface area is 247 Å². The first-order chi connectivity index (χ1) is 20.2. The van der Waals surface area contributed by atoms with Crippen molar-refractivity contribution in [2.24, 2.45) is 4.99 Å². The van der Waals surface area contributed by atoms with Crippen molar-refractivity contribution in [3.8, 4) is 5.75 Å². The highest BCUT2D eigenvalue weighted by Crippen LogP contribution is 2.36. The lowest BCUT2D eigenvalue weighted by Gasteiger charge is -2.26. The third kappa shape index (κ3) is 5.54. The Morgan fingerprint density at radius 2 is 1.76 bits per heavy atom. The van der Waals surface area contributed by atoms with Crippen LogP contribution in [-0.2, 0) is 25.6 Å². The van der Waals surface area contributed by atoms with Crippen molar-refractivity contribution in [1.82, 2.24) is 9.13 Å². The molecule has 0 saturated heterocycles. The zero-order valence-corrected chi connectivity index (χ0v) is 25.1. The van der Waals surface area contributed by atoms with Crippen molar-refractivity contribution in [3.05, 3.63) is 96.8 Å². The van der Waals surface area contributed by atoms with Gasteiger partial charge in [0.25, 0.3) is 5.56 Å². The molecule has 9 nitrogen and oxygen atoms in total. The van der Waals surface area contributed by atoms with Gasteiger partial charge in [0.1, 0.15) is 18.3 Å². The number of allylic oxidation sites excluding steroid dienone is 1. The highest BCUT2D eigenvalue weighted by atomic mass is 32.1. The van der Waals surface area contributed by atoms with E-state index in [0.717, 1.165) is 16.5 Å². The summed E-state index contributed by atoms with van der Waals surface area (Å²) in [6, 6.07) is 14.3. The van der Waals surface area contributed by atoms with E-state index >= 15 is 0 Å². The van der Waals surface area contributed by atoms with Crippen molar-refractivity contribution >= 4 is 40.3 Å². The summed E-state index contributed by atoms with van der Waals surface area (Å²) >= 11 is 1.25. The van der Waals surface area contributed by atoms with Crippen LogP contribution in [-0.4, -0.2) is 40.4 Å². The molecule has 218 valence electrons. The number of aromatic nitrogens is 2. The van der Waals surface area contributed by atoms with E-state index in [1.165, 1.54) is 11.3 Å². The Morgan fingerprint density at radius 3 is 2.50 bits per heavy atom. The number of para-hydroxylation sites is 2. The maximum absolute atomic E-state index is 14.2. The van der Waals surface area contributed by atoms with Gasteiger partial charge in [-0.05, 0) is 52.8 Å². The van der Waals surface area contributed by atoms with Gasteiger partial charge in [-0.15, -0.1) is 0 Å². The van der Waals surface area contributed by atoms with Gasteiger partial charge in [0.2, 0.25) is 0 Å². The topological polar surface area (TPSA) is 101 Å². The van der Waals surface area contributed by atoms with Crippen molar-refractivity contribution < 1.29 is 23.8 Å². The van der Waals surface area contributed by atoms with Crippen molar-refractivity contribution in [2.45, 2.75) is 53.3 Å². The number of hydrogen-bond acceptors (Lipinski definition) is 8. The first-order valence-corrected chi connectivity index (χ1v) is 14.7. The molecule has 4 aromatic rings. The molecule has 0 saturated carbocycles. The highest BCUT2D eigenvalue weighted by Gasteiger charge is 2.35. The number of carbonyl (C=O) groups excluding carboxylic acids is 2. The summed E-state index contributed by atoms with van der Waals surface area (Å²) in [4.78, 5) is 44.9. The van der Waals surface area contributed by atoms with Crippen LogP contribution >= 0.6 is 11.3 Å². The SMILES string of the molecule is CCOC(=O)Cn1cc(/C=c2\sc3n(c2=O)[C@@H](c2ccccc2OC(C)C)C(C(=O)OCC)=C(C)N=3)c2ccccc21. The lowest BCUT2D eigenvalue weighted by molar-refractivity contribution is -0.143. The number of esters is 2. The number of thiazole rings is 1. The van der Waals surface area contributed by atoms with Gasteiger partial charge < -0.3 is 18.8 Å². The predicted octanol–water partition coefficient (Wildman–Crippen LogP) is 4.10. The summed E-state index contributed by atoms with van der Waals surface area (Å²) in [5.41, 5.74) is 2.78. The minimum atomic E-state index is -0.789. The fraction of sp³-hybridized carbons (Fsp3) is 0.312. The molecule has 0 fully saturated rings. The van der Waals surface area contributed by atoms with Crippen LogP contribution in [0.2, 0.25) is 0 Å². The van der Waals surface area contributed by atoms with Crippen molar-refractivity contribution in [2.75, 3.05) is 13.2 Å². The summed E-state index contributed by atoms with van der Waals surface area (Å²) < 4.78 is 20.5. The average molecular weight is 588 g/mol. The Morgan fingerprint density at radius 1 is 1.05 bits per heavy atom. The van der Waals surface area contributed by atoms with Crippen LogP contribution < -0.4 is 19.6 Å². The van der Waals surface area contributed by atoms with Crippen LogP contribution in [0, 0.1) is 0 Å². The average Bonchev–Trinajstić information content (AvgIpc) is 3.44. The van der Waals surface area contributed by atoms with Crippen LogP contribution in [0.4, 0.5) is 0 Å². The Kier molecular flexibility index (Phi) is 8.44. The molecule has 0 amide bonds. The molecule has 1 aliphatic rings. The van der Waals surface area contributed by atoms with Gasteiger partial charge in [0.15, 0.2) is 4.80 Å². The largest absolute Gasteiger partial charge is 0.491 e. The van der Waals surface area contributed by atoms with E-state index < -0.39 is 12.0 Å². The Hall–Kier alpha value is -4.44. The number of carbonyl (C=O) groups is 2. The normalized spacial score (nSPS) is 15.1. The minimum Gasteiger partial charge on any atom is -0.491 e. The minimum absolute atomic E-state index is 0.0537. The van der Waals surface area contributed by atoms with E-state index in [4.69, 9.17) is 14.2 Å². The standard InChI is InChI=1S/C32H33N3O6S/c1-6-39-27(36)18-34-17-21(22-12-8-10-14-24(22)34)16-26-30(37)35-29(23-13-9-11-15-25(23)41-19(3)4)28(31(38)40-7-2)20(5)33-32(35)42-26/h8-17,19,29H,6-7,18H2,1-5H3/b26-16-/t29-/m0/s1. The molecule has 0 bridgehead atoms. The van der Waals surface area contributed by atoms with E-state index in [-0.39, 0.29) is 30.8 Å². The number of hydrogen-bond donors (Lipinski definition) is 0. The number of nitrogens with zero attached hydrogens (tertiary/aromatic N) is 3. The second-order valence-corrected chi connectivity index (χ2v) is 11.1. The maximum Gasteiger partial charge on any atom is 0.338 e. The van der Waals surface area contributed by atoms with E-state index in [2.05, 4.69) is 4.99 Å².